The molecule has 1 aromatic carbocycles. The van der Waals surface area contributed by atoms with Crippen LogP contribution in [0.4, 0.5) is 11.4 Å². The van der Waals surface area contributed by atoms with Gasteiger partial charge in [0.1, 0.15) is 0 Å². The van der Waals surface area contributed by atoms with Crippen molar-refractivity contribution in [3.8, 4) is 5.75 Å². The highest BCUT2D eigenvalue weighted by atomic mass is 16.6. The van der Waals surface area contributed by atoms with E-state index in [0.717, 1.165) is 25.3 Å². The van der Waals surface area contributed by atoms with Gasteiger partial charge in [0.15, 0.2) is 5.75 Å². The lowest BCUT2D eigenvalue weighted by molar-refractivity contribution is -0.386. The summed E-state index contributed by atoms with van der Waals surface area (Å²) in [7, 11) is 0. The molecule has 2 atom stereocenters. The largest absolute Gasteiger partial charge is 0.484 e. The molecule has 0 aromatic heterocycles. The molecule has 0 radical (unpaired) electrons. The molecule has 0 spiro atoms. The van der Waals surface area contributed by atoms with Gasteiger partial charge in [0.25, 0.3) is 0 Å². The molecule has 6 nitrogen and oxygen atoms in total. The summed E-state index contributed by atoms with van der Waals surface area (Å²) in [5.41, 5.74) is 0.821. The number of nitrogens with one attached hydrogen (secondary N) is 1. The molecule has 1 N–H and O–H groups in total. The third kappa shape index (κ3) is 4.07. The Labute approximate surface area is 124 Å². The number of nitrogens with zero attached hydrogens (tertiary/aromatic N) is 1. The van der Waals surface area contributed by atoms with Crippen LogP contribution in [0.15, 0.2) is 18.2 Å². The van der Waals surface area contributed by atoms with Gasteiger partial charge in [0.05, 0.1) is 17.1 Å². The third-order valence-corrected chi connectivity index (χ3v) is 3.62. The van der Waals surface area contributed by atoms with E-state index in [0.29, 0.717) is 11.7 Å². The Morgan fingerprint density at radius 1 is 1.52 bits per heavy atom. The van der Waals surface area contributed by atoms with Crippen LogP contribution < -0.4 is 10.1 Å². The molecule has 2 unspecified atom stereocenters. The van der Waals surface area contributed by atoms with Crippen molar-refractivity contribution in [2.75, 3.05) is 18.5 Å². The molecule has 21 heavy (non-hydrogen) atoms. The molecule has 0 amide bonds. The molecule has 1 aliphatic heterocycles. The number of nitro groups is 1. The van der Waals surface area contributed by atoms with Crippen LogP contribution in [0, 0.1) is 16.0 Å². The van der Waals surface area contributed by atoms with Crippen LogP contribution in [0.3, 0.4) is 0 Å². The third-order valence-electron chi connectivity index (χ3n) is 3.62. The first kappa shape index (κ1) is 15.6. The molecule has 1 aromatic rings. The van der Waals surface area contributed by atoms with Gasteiger partial charge in [-0.25, -0.2) is 0 Å². The van der Waals surface area contributed by atoms with E-state index in [4.69, 9.17) is 9.47 Å². The highest BCUT2D eigenvalue weighted by Crippen LogP contribution is 2.31. The molecule has 1 heterocycles. The number of ether oxygens (including phenoxy) is 2. The summed E-state index contributed by atoms with van der Waals surface area (Å²) in [4.78, 5) is 10.6. The van der Waals surface area contributed by atoms with Crippen LogP contribution in [0.25, 0.3) is 0 Å². The van der Waals surface area contributed by atoms with E-state index < -0.39 is 4.92 Å². The van der Waals surface area contributed by atoms with Crippen molar-refractivity contribution in [1.29, 1.82) is 0 Å². The summed E-state index contributed by atoms with van der Waals surface area (Å²) in [5, 5.41) is 14.3. The minimum atomic E-state index is -0.422. The van der Waals surface area contributed by atoms with Crippen LogP contribution >= 0.6 is 0 Å². The average Bonchev–Trinajstić information content (AvgIpc) is 2.81. The van der Waals surface area contributed by atoms with Gasteiger partial charge in [-0.3, -0.25) is 10.1 Å². The molecule has 2 rings (SSSR count). The lowest BCUT2D eigenvalue weighted by Gasteiger charge is -2.16. The van der Waals surface area contributed by atoms with Gasteiger partial charge in [-0.1, -0.05) is 0 Å². The van der Waals surface area contributed by atoms with Crippen molar-refractivity contribution in [3.63, 3.8) is 0 Å². The summed E-state index contributed by atoms with van der Waals surface area (Å²) in [5.74, 6) is 0.769. The van der Waals surface area contributed by atoms with Gasteiger partial charge < -0.3 is 14.8 Å². The second-order valence-corrected chi connectivity index (χ2v) is 5.61. The number of benzene rings is 1. The van der Waals surface area contributed by atoms with Crippen molar-refractivity contribution in [2.24, 2.45) is 5.92 Å². The second-order valence-electron chi connectivity index (χ2n) is 5.61. The zero-order valence-electron chi connectivity index (χ0n) is 12.7. The summed E-state index contributed by atoms with van der Waals surface area (Å²) in [6.07, 6.45) is 1.18. The van der Waals surface area contributed by atoms with Crippen molar-refractivity contribution >= 4 is 11.4 Å². The van der Waals surface area contributed by atoms with Crippen LogP contribution in [-0.4, -0.2) is 30.3 Å². The zero-order valence-corrected chi connectivity index (χ0v) is 12.7. The van der Waals surface area contributed by atoms with Crippen LogP contribution in [0.2, 0.25) is 0 Å². The van der Waals surface area contributed by atoms with Crippen molar-refractivity contribution in [3.05, 3.63) is 28.3 Å². The monoisotopic (exact) mass is 294 g/mol. The standard InChI is InChI=1S/C15H22N2O4/c1-10(2)21-15-8-13(4-5-14(15)17(18)19)16-9-12-6-7-20-11(12)3/h4-5,8,10-12,16H,6-7,9H2,1-3H3. The van der Waals surface area contributed by atoms with E-state index in [-0.39, 0.29) is 17.9 Å². The minimum Gasteiger partial charge on any atom is -0.484 e. The second kappa shape index (κ2) is 6.76. The number of hydrogen-bond donors (Lipinski definition) is 1. The molecular weight excluding hydrogens is 272 g/mol. The molecule has 0 aliphatic carbocycles. The van der Waals surface area contributed by atoms with Gasteiger partial charge in [-0.05, 0) is 33.3 Å². The molecule has 0 saturated carbocycles. The van der Waals surface area contributed by atoms with Gasteiger partial charge in [-0.15, -0.1) is 0 Å². The SMILES string of the molecule is CC(C)Oc1cc(NCC2CCOC2C)ccc1[N+](=O)[O-]. The topological polar surface area (TPSA) is 73.6 Å². The average molecular weight is 294 g/mol. The maximum Gasteiger partial charge on any atom is 0.311 e. The smallest absolute Gasteiger partial charge is 0.311 e. The number of rotatable bonds is 6. The highest BCUT2D eigenvalue weighted by Gasteiger charge is 2.24. The number of nitro benzene ring substituents is 1. The van der Waals surface area contributed by atoms with E-state index in [2.05, 4.69) is 12.2 Å². The van der Waals surface area contributed by atoms with Gasteiger partial charge in [-0.2, -0.15) is 0 Å². The first-order valence-electron chi connectivity index (χ1n) is 7.28. The van der Waals surface area contributed by atoms with Crippen LogP contribution in [-0.2, 0) is 4.74 Å². The zero-order chi connectivity index (χ0) is 15.4. The fourth-order valence-corrected chi connectivity index (χ4v) is 2.42. The predicted octanol–water partition coefficient (Wildman–Crippen LogP) is 3.22. The van der Waals surface area contributed by atoms with E-state index in [1.807, 2.05) is 13.8 Å². The molecule has 6 heteroatoms. The van der Waals surface area contributed by atoms with E-state index in [1.54, 1.807) is 12.1 Å². The maximum atomic E-state index is 11.0. The molecular formula is C15H22N2O4. The fraction of sp³-hybridized carbons (Fsp3) is 0.600. The quantitative estimate of drug-likeness (QED) is 0.644. The number of hydrogen-bond acceptors (Lipinski definition) is 5. The van der Waals surface area contributed by atoms with Gasteiger partial charge >= 0.3 is 5.69 Å². The highest BCUT2D eigenvalue weighted by molar-refractivity contribution is 5.58. The Bertz CT molecular complexity index is 504. The summed E-state index contributed by atoms with van der Waals surface area (Å²) >= 11 is 0. The lowest BCUT2D eigenvalue weighted by Crippen LogP contribution is -2.20. The summed E-state index contributed by atoms with van der Waals surface area (Å²) in [6, 6.07) is 4.89. The Kier molecular flexibility index (Phi) is 5.01. The van der Waals surface area contributed by atoms with E-state index in [1.165, 1.54) is 6.07 Å². The summed E-state index contributed by atoms with van der Waals surface area (Å²) in [6.45, 7) is 7.36. The van der Waals surface area contributed by atoms with E-state index in [9.17, 15) is 10.1 Å². The Hall–Kier alpha value is -1.82. The predicted molar refractivity (Wildman–Crippen MR) is 80.9 cm³/mol. The first-order valence-corrected chi connectivity index (χ1v) is 7.28. The molecule has 1 saturated heterocycles. The van der Waals surface area contributed by atoms with Gasteiger partial charge in [0.2, 0.25) is 0 Å². The minimum absolute atomic E-state index is 0.00758. The summed E-state index contributed by atoms with van der Waals surface area (Å²) < 4.78 is 11.1. The van der Waals surface area contributed by atoms with Crippen molar-refractivity contribution in [2.45, 2.75) is 39.4 Å². The molecule has 0 bridgehead atoms. The maximum absolute atomic E-state index is 11.0. The molecule has 1 fully saturated rings. The van der Waals surface area contributed by atoms with Crippen LogP contribution in [0.5, 0.6) is 5.75 Å². The van der Waals surface area contributed by atoms with Crippen LogP contribution in [0.1, 0.15) is 27.2 Å². The molecule has 1 aliphatic rings. The van der Waals surface area contributed by atoms with E-state index >= 15 is 0 Å². The Balaban J connectivity index is 2.07. The Morgan fingerprint density at radius 2 is 2.29 bits per heavy atom. The lowest BCUT2D eigenvalue weighted by atomic mass is 10.0. The van der Waals surface area contributed by atoms with Crippen molar-refractivity contribution in [1.82, 2.24) is 0 Å². The van der Waals surface area contributed by atoms with Crippen molar-refractivity contribution < 1.29 is 14.4 Å². The fourth-order valence-electron chi connectivity index (χ4n) is 2.42. The Morgan fingerprint density at radius 3 is 2.86 bits per heavy atom. The first-order chi connectivity index (χ1) is 9.97. The number of anilines is 1. The normalized spacial score (nSPS) is 21.5. The van der Waals surface area contributed by atoms with Gasteiger partial charge in [0, 0.05) is 36.9 Å². The molecule has 116 valence electrons.